The van der Waals surface area contributed by atoms with E-state index in [1.807, 2.05) is 0 Å². The predicted molar refractivity (Wildman–Crippen MR) is 99.5 cm³/mol. The summed E-state index contributed by atoms with van der Waals surface area (Å²) in [6, 6.07) is -0.797. The van der Waals surface area contributed by atoms with Crippen LogP contribution in [0.3, 0.4) is 0 Å². The molecule has 0 radical (unpaired) electrons. The topological polar surface area (TPSA) is 129 Å². The number of hydrogen-bond acceptors (Lipinski definition) is 8. The van der Waals surface area contributed by atoms with E-state index in [4.69, 9.17) is 17.0 Å². The van der Waals surface area contributed by atoms with Crippen LogP contribution in [0, 0.1) is 3.95 Å². The molecule has 1 unspecified atom stereocenters. The molecule has 3 N–H and O–H groups in total. The van der Waals surface area contributed by atoms with E-state index in [-0.39, 0.29) is 30.4 Å². The smallest absolute Gasteiger partial charge is 0.352 e. The number of amides is 2. The molecule has 0 bridgehead atoms. The molecule has 3 heterocycles. The highest BCUT2D eigenvalue weighted by Gasteiger charge is 2.54. The molecule has 0 aliphatic carbocycles. The number of thiazole rings is 1. The monoisotopic (exact) mass is 429 g/mol. The van der Waals surface area contributed by atoms with Crippen LogP contribution >= 0.6 is 35.3 Å². The standard InChI is InChI=1S/C15H15N3O6S3/c1-6(19)24-3-7-4-26-13-10(12(21)18(13)11(7)14(22)23)17-9(20)2-8-5-27-15(25)16-8/h5,10,13H,2-4H2,1H3,(H,16,25)(H,17,20)(H,22,23)/t10?,13-/m1/s1. The van der Waals surface area contributed by atoms with E-state index < -0.39 is 29.3 Å². The molecule has 27 heavy (non-hydrogen) atoms. The van der Waals surface area contributed by atoms with Crippen LogP contribution in [-0.4, -0.2) is 62.5 Å². The number of β-lactam (4-membered cyclic amide) rings is 1. The Balaban J connectivity index is 1.69. The maximum Gasteiger partial charge on any atom is 0.352 e. The molecule has 0 spiro atoms. The lowest BCUT2D eigenvalue weighted by Crippen LogP contribution is -2.70. The first-order chi connectivity index (χ1) is 12.8. The highest BCUT2D eigenvalue weighted by atomic mass is 32.2. The Morgan fingerprint density at radius 3 is 2.81 bits per heavy atom. The quantitative estimate of drug-likeness (QED) is 0.342. The highest BCUT2D eigenvalue weighted by Crippen LogP contribution is 2.40. The van der Waals surface area contributed by atoms with Gasteiger partial charge >= 0.3 is 11.9 Å². The van der Waals surface area contributed by atoms with Gasteiger partial charge in [0.15, 0.2) is 3.95 Å². The predicted octanol–water partition coefficient (Wildman–Crippen LogP) is 0.650. The molecule has 2 aliphatic rings. The highest BCUT2D eigenvalue weighted by molar-refractivity contribution is 8.00. The van der Waals surface area contributed by atoms with Crippen LogP contribution in [0.15, 0.2) is 16.7 Å². The van der Waals surface area contributed by atoms with Gasteiger partial charge in [0, 0.05) is 29.3 Å². The number of nitrogens with zero attached hydrogens (tertiary/aromatic N) is 1. The Morgan fingerprint density at radius 2 is 2.22 bits per heavy atom. The summed E-state index contributed by atoms with van der Waals surface area (Å²) in [6.07, 6.45) is 0.0492. The third kappa shape index (κ3) is 4.06. The van der Waals surface area contributed by atoms with Gasteiger partial charge in [-0.15, -0.1) is 23.1 Å². The van der Waals surface area contributed by atoms with Gasteiger partial charge in [-0.3, -0.25) is 19.3 Å². The summed E-state index contributed by atoms with van der Waals surface area (Å²) in [5.41, 5.74) is 0.817. The van der Waals surface area contributed by atoms with Gasteiger partial charge in [0.05, 0.1) is 6.42 Å². The number of carboxylic acid groups (broad SMARTS) is 1. The summed E-state index contributed by atoms with van der Waals surface area (Å²) in [6.45, 7) is 1.04. The van der Waals surface area contributed by atoms with Crippen LogP contribution in [-0.2, 0) is 30.3 Å². The van der Waals surface area contributed by atoms with Gasteiger partial charge in [-0.2, -0.15) is 0 Å². The molecule has 2 aliphatic heterocycles. The Hall–Kier alpha value is -2.18. The van der Waals surface area contributed by atoms with Gasteiger partial charge in [-0.25, -0.2) is 4.79 Å². The number of carbonyl (C=O) groups excluding carboxylic acids is 3. The Bertz CT molecular complexity index is 905. The molecule has 144 valence electrons. The normalized spacial score (nSPS) is 21.4. The van der Waals surface area contributed by atoms with E-state index in [1.54, 1.807) is 5.38 Å². The molecule has 1 aromatic heterocycles. The van der Waals surface area contributed by atoms with Gasteiger partial charge in [0.1, 0.15) is 23.7 Å². The van der Waals surface area contributed by atoms with Crippen LogP contribution in [0.25, 0.3) is 0 Å². The van der Waals surface area contributed by atoms with Crippen molar-refractivity contribution in [2.45, 2.75) is 24.8 Å². The van der Waals surface area contributed by atoms with Gasteiger partial charge in [0.25, 0.3) is 5.91 Å². The van der Waals surface area contributed by atoms with Crippen molar-refractivity contribution in [2.24, 2.45) is 0 Å². The molecule has 1 aromatic rings. The number of rotatable bonds is 6. The lowest BCUT2D eigenvalue weighted by atomic mass is 10.0. The fourth-order valence-electron chi connectivity index (χ4n) is 2.78. The number of fused-ring (bicyclic) bond motifs is 1. The second-order valence-corrected chi connectivity index (χ2v) is 8.49. The molecular weight excluding hydrogens is 414 g/mol. The number of aromatic nitrogens is 1. The largest absolute Gasteiger partial charge is 0.477 e. The second kappa shape index (κ2) is 7.82. The van der Waals surface area contributed by atoms with Crippen molar-refractivity contribution in [1.29, 1.82) is 0 Å². The lowest BCUT2D eigenvalue weighted by Gasteiger charge is -2.49. The van der Waals surface area contributed by atoms with Crippen molar-refractivity contribution in [3.8, 4) is 0 Å². The molecule has 9 nitrogen and oxygen atoms in total. The SMILES string of the molecule is CC(=O)OCC1=C(C(=O)O)N2C(=O)C(NC(=O)Cc3csc(=S)[nH]3)[C@H]2SC1. The third-order valence-corrected chi connectivity index (χ3v) is 6.39. The minimum atomic E-state index is -1.27. The van der Waals surface area contributed by atoms with Crippen molar-refractivity contribution in [3.63, 3.8) is 0 Å². The van der Waals surface area contributed by atoms with Gasteiger partial charge in [-0.1, -0.05) is 0 Å². The summed E-state index contributed by atoms with van der Waals surface area (Å²) in [4.78, 5) is 51.2. The van der Waals surface area contributed by atoms with Crippen LogP contribution in [0.5, 0.6) is 0 Å². The van der Waals surface area contributed by atoms with Crippen molar-refractivity contribution < 1.29 is 29.0 Å². The molecular formula is C15H15N3O6S3. The Kier molecular flexibility index (Phi) is 5.67. The summed E-state index contributed by atoms with van der Waals surface area (Å²) in [5.74, 6) is -2.38. The Labute approximate surface area is 166 Å². The average molecular weight is 430 g/mol. The molecule has 1 saturated heterocycles. The molecule has 2 amide bonds. The van der Waals surface area contributed by atoms with Crippen LogP contribution in [0.4, 0.5) is 0 Å². The summed E-state index contributed by atoms with van der Waals surface area (Å²) < 4.78 is 5.43. The van der Waals surface area contributed by atoms with Gasteiger partial charge in [-0.05, 0) is 12.2 Å². The van der Waals surface area contributed by atoms with E-state index in [1.165, 1.54) is 30.0 Å². The van der Waals surface area contributed by atoms with E-state index in [0.29, 0.717) is 15.2 Å². The molecule has 1 fully saturated rings. The zero-order valence-electron chi connectivity index (χ0n) is 14.0. The molecule has 3 rings (SSSR count). The van der Waals surface area contributed by atoms with E-state index in [9.17, 15) is 24.3 Å². The fourth-order valence-corrected chi connectivity index (χ4v) is 4.97. The second-order valence-electron chi connectivity index (χ2n) is 5.84. The zero-order chi connectivity index (χ0) is 19.7. The number of thioether (sulfide) groups is 1. The average Bonchev–Trinajstić information content (AvgIpc) is 3.01. The molecule has 2 atom stereocenters. The van der Waals surface area contributed by atoms with Crippen LogP contribution in [0.1, 0.15) is 12.6 Å². The van der Waals surface area contributed by atoms with Crippen molar-refractivity contribution in [2.75, 3.05) is 12.4 Å². The molecule has 0 aromatic carbocycles. The van der Waals surface area contributed by atoms with Crippen molar-refractivity contribution >= 4 is 59.1 Å². The van der Waals surface area contributed by atoms with Crippen LogP contribution < -0.4 is 5.32 Å². The molecule has 12 heteroatoms. The fraction of sp³-hybridized carbons (Fsp3) is 0.400. The number of hydrogen-bond donors (Lipinski definition) is 3. The molecule has 0 saturated carbocycles. The number of ether oxygens (including phenoxy) is 1. The summed E-state index contributed by atoms with van der Waals surface area (Å²) in [7, 11) is 0. The zero-order valence-corrected chi connectivity index (χ0v) is 16.5. The van der Waals surface area contributed by atoms with Crippen molar-refractivity contribution in [3.05, 3.63) is 26.3 Å². The first-order valence-electron chi connectivity index (χ1n) is 7.77. The number of carbonyl (C=O) groups is 4. The van der Waals surface area contributed by atoms with Gasteiger partial charge < -0.3 is 20.1 Å². The first kappa shape index (κ1) is 19.6. The minimum Gasteiger partial charge on any atom is -0.477 e. The van der Waals surface area contributed by atoms with E-state index in [0.717, 1.165) is 4.90 Å². The number of carboxylic acids is 1. The minimum absolute atomic E-state index is 0.0492. The van der Waals surface area contributed by atoms with Crippen LogP contribution in [0.2, 0.25) is 0 Å². The third-order valence-electron chi connectivity index (χ3n) is 3.94. The Morgan fingerprint density at radius 1 is 1.48 bits per heavy atom. The number of nitrogens with one attached hydrogen (secondary N) is 2. The maximum absolute atomic E-state index is 12.5. The van der Waals surface area contributed by atoms with E-state index in [2.05, 4.69) is 10.3 Å². The summed E-state index contributed by atoms with van der Waals surface area (Å²) >= 11 is 7.58. The van der Waals surface area contributed by atoms with Gasteiger partial charge in [0.2, 0.25) is 5.91 Å². The number of aromatic amines is 1. The lowest BCUT2D eigenvalue weighted by molar-refractivity contribution is -0.151. The maximum atomic E-state index is 12.5. The number of esters is 1. The number of aliphatic carboxylic acids is 1. The van der Waals surface area contributed by atoms with Crippen molar-refractivity contribution in [1.82, 2.24) is 15.2 Å². The number of H-pyrrole nitrogens is 1. The van der Waals surface area contributed by atoms with E-state index >= 15 is 0 Å². The summed E-state index contributed by atoms with van der Waals surface area (Å²) in [5, 5.41) is 13.4. The first-order valence-corrected chi connectivity index (χ1v) is 10.1.